The van der Waals surface area contributed by atoms with E-state index in [-0.39, 0.29) is 11.5 Å². The number of benzene rings is 1. The van der Waals surface area contributed by atoms with Crippen LogP contribution in [-0.2, 0) is 4.79 Å². The van der Waals surface area contributed by atoms with Gasteiger partial charge in [-0.1, -0.05) is 12.1 Å². The number of nitrogens with two attached hydrogens (primary N) is 1. The topological polar surface area (TPSA) is 52.3 Å². The highest BCUT2D eigenvalue weighted by molar-refractivity contribution is 5.82. The number of carbonyl (C=O) groups excluding carboxylic acids is 1. The van der Waals surface area contributed by atoms with E-state index in [0.717, 1.165) is 0 Å². The first-order valence-electron chi connectivity index (χ1n) is 4.31. The normalized spacial score (nSPS) is 12.6. The first-order valence-corrected chi connectivity index (χ1v) is 4.31. The molecule has 0 heterocycles. The van der Waals surface area contributed by atoms with Crippen molar-refractivity contribution in [3.05, 3.63) is 29.8 Å². The SMILES string of the molecule is CC(=O)C(N)c1cccc(OC(F)F)c1. The minimum Gasteiger partial charge on any atom is -0.435 e. The number of alkyl halides is 2. The Morgan fingerprint density at radius 3 is 2.67 bits per heavy atom. The summed E-state index contributed by atoms with van der Waals surface area (Å²) in [5.74, 6) is -0.233. The fourth-order valence-corrected chi connectivity index (χ4v) is 1.12. The molecule has 1 aromatic carbocycles. The van der Waals surface area contributed by atoms with Crippen LogP contribution >= 0.6 is 0 Å². The van der Waals surface area contributed by atoms with Gasteiger partial charge in [-0.15, -0.1) is 0 Å². The van der Waals surface area contributed by atoms with Gasteiger partial charge < -0.3 is 10.5 Å². The van der Waals surface area contributed by atoms with Crippen LogP contribution in [0.1, 0.15) is 18.5 Å². The van der Waals surface area contributed by atoms with Crippen LogP contribution in [0.4, 0.5) is 8.78 Å². The number of hydrogen-bond acceptors (Lipinski definition) is 3. The molecule has 82 valence electrons. The van der Waals surface area contributed by atoms with Crippen molar-refractivity contribution < 1.29 is 18.3 Å². The van der Waals surface area contributed by atoms with Crippen LogP contribution in [0.25, 0.3) is 0 Å². The lowest BCUT2D eigenvalue weighted by Gasteiger charge is -2.10. The third-order valence-corrected chi connectivity index (χ3v) is 1.88. The van der Waals surface area contributed by atoms with Gasteiger partial charge in [0, 0.05) is 0 Å². The van der Waals surface area contributed by atoms with E-state index in [1.54, 1.807) is 6.07 Å². The smallest absolute Gasteiger partial charge is 0.387 e. The molecule has 15 heavy (non-hydrogen) atoms. The monoisotopic (exact) mass is 215 g/mol. The summed E-state index contributed by atoms with van der Waals surface area (Å²) in [7, 11) is 0. The molecule has 0 aromatic heterocycles. The zero-order valence-electron chi connectivity index (χ0n) is 8.11. The van der Waals surface area contributed by atoms with Crippen molar-refractivity contribution >= 4 is 5.78 Å². The maximum absolute atomic E-state index is 11.9. The largest absolute Gasteiger partial charge is 0.435 e. The number of Topliss-reactive ketones (excluding diaryl/α,β-unsaturated/α-hetero) is 1. The maximum atomic E-state index is 11.9. The predicted octanol–water partition coefficient (Wildman–Crippen LogP) is 1.88. The van der Waals surface area contributed by atoms with E-state index in [4.69, 9.17) is 5.73 Å². The summed E-state index contributed by atoms with van der Waals surface area (Å²) < 4.78 is 28.0. The molecule has 0 bridgehead atoms. The molecule has 0 radical (unpaired) electrons. The molecule has 2 N–H and O–H groups in total. The van der Waals surface area contributed by atoms with E-state index in [9.17, 15) is 13.6 Å². The number of halogens is 2. The molecule has 1 rings (SSSR count). The highest BCUT2D eigenvalue weighted by Gasteiger charge is 2.12. The number of rotatable bonds is 4. The van der Waals surface area contributed by atoms with Crippen molar-refractivity contribution in [2.24, 2.45) is 5.73 Å². The molecule has 1 aromatic rings. The van der Waals surface area contributed by atoms with E-state index in [0.29, 0.717) is 5.56 Å². The van der Waals surface area contributed by atoms with Gasteiger partial charge in [0.1, 0.15) is 5.75 Å². The molecule has 0 fully saturated rings. The number of ether oxygens (including phenoxy) is 1. The molecular weight excluding hydrogens is 204 g/mol. The van der Waals surface area contributed by atoms with Crippen molar-refractivity contribution in [1.82, 2.24) is 0 Å². The van der Waals surface area contributed by atoms with E-state index >= 15 is 0 Å². The van der Waals surface area contributed by atoms with E-state index in [2.05, 4.69) is 4.74 Å². The van der Waals surface area contributed by atoms with Crippen molar-refractivity contribution in [2.75, 3.05) is 0 Å². The van der Waals surface area contributed by atoms with Crippen molar-refractivity contribution in [2.45, 2.75) is 19.6 Å². The fraction of sp³-hybridized carbons (Fsp3) is 0.300. The molecule has 5 heteroatoms. The van der Waals surface area contributed by atoms with Crippen molar-refractivity contribution in [1.29, 1.82) is 0 Å². The zero-order chi connectivity index (χ0) is 11.4. The molecule has 0 aliphatic heterocycles. The number of ketones is 1. The standard InChI is InChI=1S/C10H11F2NO2/c1-6(14)9(13)7-3-2-4-8(5-7)15-10(11)12/h2-5,9-10H,13H2,1H3. The third kappa shape index (κ3) is 3.28. The van der Waals surface area contributed by atoms with Gasteiger partial charge in [0.2, 0.25) is 0 Å². The fourth-order valence-electron chi connectivity index (χ4n) is 1.12. The second-order valence-corrected chi connectivity index (χ2v) is 3.04. The van der Waals surface area contributed by atoms with Crippen LogP contribution in [0, 0.1) is 0 Å². The van der Waals surface area contributed by atoms with Gasteiger partial charge in [-0.05, 0) is 24.6 Å². The van der Waals surface area contributed by atoms with Crippen LogP contribution in [-0.4, -0.2) is 12.4 Å². The molecule has 0 aliphatic rings. The highest BCUT2D eigenvalue weighted by atomic mass is 19.3. The molecular formula is C10H11F2NO2. The first-order chi connectivity index (χ1) is 7.00. The van der Waals surface area contributed by atoms with E-state index < -0.39 is 12.7 Å². The predicted molar refractivity (Wildman–Crippen MR) is 50.7 cm³/mol. The highest BCUT2D eigenvalue weighted by Crippen LogP contribution is 2.19. The molecule has 0 spiro atoms. The quantitative estimate of drug-likeness (QED) is 0.834. The Hall–Kier alpha value is -1.49. The Labute approximate surface area is 85.8 Å². The lowest BCUT2D eigenvalue weighted by Crippen LogP contribution is -2.18. The van der Waals surface area contributed by atoms with Gasteiger partial charge in [-0.2, -0.15) is 8.78 Å². The minimum absolute atomic E-state index is 0.000741. The van der Waals surface area contributed by atoms with Crippen LogP contribution in [0.5, 0.6) is 5.75 Å². The summed E-state index contributed by atoms with van der Waals surface area (Å²) >= 11 is 0. The maximum Gasteiger partial charge on any atom is 0.387 e. The van der Waals surface area contributed by atoms with Gasteiger partial charge in [0.15, 0.2) is 5.78 Å². The molecule has 0 aliphatic carbocycles. The number of hydrogen-bond donors (Lipinski definition) is 1. The lowest BCUT2D eigenvalue weighted by atomic mass is 10.0. The molecule has 1 atom stereocenters. The second-order valence-electron chi connectivity index (χ2n) is 3.04. The Bertz CT molecular complexity index is 355. The summed E-state index contributed by atoms with van der Waals surface area (Å²) in [4.78, 5) is 11.0. The van der Waals surface area contributed by atoms with Crippen LogP contribution in [0.3, 0.4) is 0 Å². The molecule has 0 amide bonds. The Morgan fingerprint density at radius 1 is 1.47 bits per heavy atom. The summed E-state index contributed by atoms with van der Waals surface area (Å²) in [5.41, 5.74) is 6.00. The zero-order valence-corrected chi connectivity index (χ0v) is 8.11. The summed E-state index contributed by atoms with van der Waals surface area (Å²) in [6.45, 7) is -1.54. The minimum atomic E-state index is -2.88. The summed E-state index contributed by atoms with van der Waals surface area (Å²) in [5, 5.41) is 0. The molecule has 3 nitrogen and oxygen atoms in total. The van der Waals surface area contributed by atoms with Crippen LogP contribution in [0.2, 0.25) is 0 Å². The first kappa shape index (κ1) is 11.6. The second kappa shape index (κ2) is 4.84. The van der Waals surface area contributed by atoms with E-state index in [1.165, 1.54) is 25.1 Å². The molecule has 0 saturated heterocycles. The Kier molecular flexibility index (Phi) is 3.74. The Morgan fingerprint density at radius 2 is 2.13 bits per heavy atom. The number of carbonyl (C=O) groups is 1. The van der Waals surface area contributed by atoms with Gasteiger partial charge >= 0.3 is 6.61 Å². The van der Waals surface area contributed by atoms with Gasteiger partial charge in [-0.25, -0.2) is 0 Å². The van der Waals surface area contributed by atoms with Gasteiger partial charge in [0.05, 0.1) is 6.04 Å². The summed E-state index contributed by atoms with van der Waals surface area (Å²) in [6, 6.07) is 5.01. The van der Waals surface area contributed by atoms with Crippen LogP contribution < -0.4 is 10.5 Å². The van der Waals surface area contributed by atoms with Crippen LogP contribution in [0.15, 0.2) is 24.3 Å². The Balaban J connectivity index is 2.87. The van der Waals surface area contributed by atoms with E-state index in [1.807, 2.05) is 0 Å². The average molecular weight is 215 g/mol. The van der Waals surface area contributed by atoms with Crippen molar-refractivity contribution in [3.8, 4) is 5.75 Å². The van der Waals surface area contributed by atoms with Gasteiger partial charge in [-0.3, -0.25) is 4.79 Å². The third-order valence-electron chi connectivity index (χ3n) is 1.88. The summed E-state index contributed by atoms with van der Waals surface area (Å²) in [6.07, 6.45) is 0. The molecule has 1 unspecified atom stereocenters. The molecule has 0 saturated carbocycles. The van der Waals surface area contributed by atoms with Gasteiger partial charge in [0.25, 0.3) is 0 Å². The average Bonchev–Trinajstić information content (AvgIpc) is 2.16. The lowest BCUT2D eigenvalue weighted by molar-refractivity contribution is -0.118. The van der Waals surface area contributed by atoms with Crippen molar-refractivity contribution in [3.63, 3.8) is 0 Å².